The maximum Gasteiger partial charge on any atom is 0.312 e. The highest BCUT2D eigenvalue weighted by molar-refractivity contribution is 6.28. The maximum atomic E-state index is 12.5. The number of piperidine rings is 1. The number of morpholine rings is 1. The maximum absolute atomic E-state index is 12.5. The zero-order valence-corrected chi connectivity index (χ0v) is 14.0. The van der Waals surface area contributed by atoms with E-state index in [1.165, 1.54) is 0 Å². The van der Waals surface area contributed by atoms with Crippen molar-refractivity contribution >= 4 is 29.7 Å². The lowest BCUT2D eigenvalue weighted by Crippen LogP contribution is -2.42. The first-order valence-corrected chi connectivity index (χ1v) is 8.34. The third-order valence-corrected chi connectivity index (χ3v) is 4.29. The average Bonchev–Trinajstić information content (AvgIpc) is 2.61. The fourth-order valence-electron chi connectivity index (χ4n) is 2.92. The van der Waals surface area contributed by atoms with Crippen LogP contribution in [-0.2, 0) is 9.53 Å². The monoisotopic (exact) mass is 352 g/mol. The normalized spacial score (nSPS) is 21.5. The Bertz CT molecular complexity index is 609. The van der Waals surface area contributed by atoms with Gasteiger partial charge in [-0.25, -0.2) is 9.97 Å². The number of amides is 2. The van der Waals surface area contributed by atoms with Crippen LogP contribution in [0.4, 0.5) is 5.82 Å². The Morgan fingerprint density at radius 2 is 2.12 bits per heavy atom. The van der Waals surface area contributed by atoms with Crippen molar-refractivity contribution in [2.75, 3.05) is 44.7 Å². The summed E-state index contributed by atoms with van der Waals surface area (Å²) in [6.45, 7) is 3.39. The van der Waals surface area contributed by atoms with Crippen LogP contribution in [0.5, 0.6) is 0 Å². The molecule has 1 N–H and O–H groups in total. The molecule has 0 bridgehead atoms. The molecule has 0 unspecified atom stereocenters. The molecule has 0 spiro atoms. The molecule has 2 amide bonds. The predicted molar refractivity (Wildman–Crippen MR) is 87.7 cm³/mol. The van der Waals surface area contributed by atoms with E-state index in [0.717, 1.165) is 12.8 Å². The Labute approximate surface area is 145 Å². The molecule has 3 heterocycles. The molecule has 1 aromatic heterocycles. The van der Waals surface area contributed by atoms with Crippen LogP contribution < -0.4 is 5.32 Å². The van der Waals surface area contributed by atoms with Crippen molar-refractivity contribution < 1.29 is 14.3 Å². The molecule has 8 nitrogen and oxygen atoms in total. The van der Waals surface area contributed by atoms with Crippen LogP contribution >= 0.6 is 11.6 Å². The van der Waals surface area contributed by atoms with Gasteiger partial charge in [0.25, 0.3) is 5.91 Å². The lowest BCUT2D eigenvalue weighted by molar-refractivity contribution is 0.0299. The molecule has 1 atom stereocenters. The molecule has 9 heteroatoms. The Hall–Kier alpha value is -1.93. The smallest absolute Gasteiger partial charge is 0.312 e. The second-order valence-electron chi connectivity index (χ2n) is 5.83. The summed E-state index contributed by atoms with van der Waals surface area (Å²) in [6.07, 6.45) is 3.72. The van der Waals surface area contributed by atoms with Gasteiger partial charge in [-0.2, -0.15) is 0 Å². The molecule has 2 aliphatic rings. The molecule has 1 aromatic rings. The molecule has 0 saturated carbocycles. The van der Waals surface area contributed by atoms with Crippen LogP contribution in [0, 0.1) is 0 Å². The molecule has 3 rings (SSSR count). The second-order valence-corrected chi connectivity index (χ2v) is 6.17. The molecule has 129 valence electrons. The number of rotatable bonds is 4. The highest BCUT2D eigenvalue weighted by Gasteiger charge is 2.23. The van der Waals surface area contributed by atoms with Crippen molar-refractivity contribution in [2.45, 2.75) is 18.9 Å². The molecular weight excluding hydrogens is 334 g/mol. The van der Waals surface area contributed by atoms with Crippen molar-refractivity contribution in [1.29, 1.82) is 0 Å². The van der Waals surface area contributed by atoms with E-state index >= 15 is 0 Å². The minimum Gasteiger partial charge on any atom is -0.378 e. The van der Waals surface area contributed by atoms with Gasteiger partial charge in [0.2, 0.25) is 5.28 Å². The van der Waals surface area contributed by atoms with Gasteiger partial charge in [-0.3, -0.25) is 9.59 Å². The highest BCUT2D eigenvalue weighted by Crippen LogP contribution is 2.17. The summed E-state index contributed by atoms with van der Waals surface area (Å²) in [6, 6.07) is 1.66. The molecular formula is C15H19ClN5O3. The molecule has 1 radical (unpaired) electrons. The molecule has 2 fully saturated rings. The fraction of sp³-hybridized carbons (Fsp3) is 0.600. The summed E-state index contributed by atoms with van der Waals surface area (Å²) in [7, 11) is 0. The third kappa shape index (κ3) is 4.12. The number of nitrogens with zero attached hydrogens (tertiary/aromatic N) is 4. The van der Waals surface area contributed by atoms with E-state index < -0.39 is 0 Å². The van der Waals surface area contributed by atoms with Crippen molar-refractivity contribution in [3.05, 3.63) is 17.0 Å². The minimum atomic E-state index is -0.183. The molecule has 0 aliphatic carbocycles. The number of likely N-dealkylation sites (tertiary alicyclic amines) is 1. The Kier molecular flexibility index (Phi) is 5.47. The summed E-state index contributed by atoms with van der Waals surface area (Å²) < 4.78 is 5.25. The van der Waals surface area contributed by atoms with Crippen LogP contribution in [0.2, 0.25) is 5.28 Å². The largest absolute Gasteiger partial charge is 0.378 e. The number of hydrogen-bond acceptors (Lipinski definition) is 6. The number of ether oxygens (including phenoxy) is 1. The van der Waals surface area contributed by atoms with Gasteiger partial charge < -0.3 is 19.9 Å². The summed E-state index contributed by atoms with van der Waals surface area (Å²) in [5, 5.41) is 3.25. The molecule has 24 heavy (non-hydrogen) atoms. The Morgan fingerprint density at radius 1 is 1.33 bits per heavy atom. The van der Waals surface area contributed by atoms with Crippen molar-refractivity contribution in [2.24, 2.45) is 0 Å². The summed E-state index contributed by atoms with van der Waals surface area (Å²) in [4.78, 5) is 34.8. The molecule has 2 saturated heterocycles. The van der Waals surface area contributed by atoms with E-state index in [1.54, 1.807) is 15.9 Å². The Balaban J connectivity index is 1.71. The third-order valence-electron chi connectivity index (χ3n) is 4.12. The van der Waals surface area contributed by atoms with E-state index in [1.807, 2.05) is 6.41 Å². The summed E-state index contributed by atoms with van der Waals surface area (Å²) >= 11 is 5.98. The SMILES string of the molecule is O=[C]N1CCC[C@H](Nc2cc(C(=O)N3CCOCC3)nc(Cl)n2)C1. The number of carbonyl (C=O) groups excluding carboxylic acids is 2. The fourth-order valence-corrected chi connectivity index (χ4v) is 3.10. The first kappa shape index (κ1) is 16.9. The van der Waals surface area contributed by atoms with Gasteiger partial charge in [0.15, 0.2) is 0 Å². The van der Waals surface area contributed by atoms with E-state index in [0.29, 0.717) is 45.2 Å². The molecule has 0 aromatic carbocycles. The van der Waals surface area contributed by atoms with Gasteiger partial charge in [0.1, 0.15) is 11.5 Å². The van der Waals surface area contributed by atoms with Crippen LogP contribution in [0.1, 0.15) is 23.3 Å². The first-order chi connectivity index (χ1) is 11.7. The van der Waals surface area contributed by atoms with Crippen LogP contribution in [-0.4, -0.2) is 77.5 Å². The summed E-state index contributed by atoms with van der Waals surface area (Å²) in [5.74, 6) is 0.307. The minimum absolute atomic E-state index is 0.0197. The van der Waals surface area contributed by atoms with Crippen LogP contribution in [0.3, 0.4) is 0 Å². The zero-order valence-electron chi connectivity index (χ0n) is 13.2. The Morgan fingerprint density at radius 3 is 2.88 bits per heavy atom. The standard InChI is InChI=1S/C15H19ClN5O3/c16-15-18-12(14(23)21-4-6-24-7-5-21)8-13(19-15)17-11-2-1-3-20(9-11)10-22/h8,11H,1-7,9H2,(H,17,18,19)/t11-/m0/s1. The van der Waals surface area contributed by atoms with Gasteiger partial charge in [-0.05, 0) is 24.4 Å². The second kappa shape index (κ2) is 7.76. The van der Waals surface area contributed by atoms with Gasteiger partial charge >= 0.3 is 6.41 Å². The number of halogens is 1. The topological polar surface area (TPSA) is 87.7 Å². The van der Waals surface area contributed by atoms with Gasteiger partial charge in [-0.1, -0.05) is 0 Å². The van der Waals surface area contributed by atoms with E-state index in [-0.39, 0.29) is 22.9 Å². The molecule has 2 aliphatic heterocycles. The van der Waals surface area contributed by atoms with E-state index in [2.05, 4.69) is 15.3 Å². The average molecular weight is 353 g/mol. The van der Waals surface area contributed by atoms with E-state index in [4.69, 9.17) is 16.3 Å². The van der Waals surface area contributed by atoms with E-state index in [9.17, 15) is 9.59 Å². The van der Waals surface area contributed by atoms with Gasteiger partial charge in [0, 0.05) is 38.3 Å². The lowest BCUT2D eigenvalue weighted by atomic mass is 10.1. The summed E-state index contributed by atoms with van der Waals surface area (Å²) in [5.41, 5.74) is 0.258. The van der Waals surface area contributed by atoms with Crippen molar-refractivity contribution in [1.82, 2.24) is 19.8 Å². The van der Waals surface area contributed by atoms with Crippen molar-refractivity contribution in [3.8, 4) is 0 Å². The van der Waals surface area contributed by atoms with Crippen molar-refractivity contribution in [3.63, 3.8) is 0 Å². The predicted octanol–water partition coefficient (Wildman–Crippen LogP) is 0.546. The number of carbonyl (C=O) groups is 1. The van der Waals surface area contributed by atoms with Crippen LogP contribution in [0.25, 0.3) is 0 Å². The number of aromatic nitrogens is 2. The first-order valence-electron chi connectivity index (χ1n) is 7.96. The number of anilines is 1. The van der Waals surface area contributed by atoms with Gasteiger partial charge in [0.05, 0.1) is 13.2 Å². The lowest BCUT2D eigenvalue weighted by Gasteiger charge is -2.30. The highest BCUT2D eigenvalue weighted by atomic mass is 35.5. The zero-order chi connectivity index (χ0) is 16.9. The van der Waals surface area contributed by atoms with Gasteiger partial charge in [-0.15, -0.1) is 0 Å². The number of hydrogen-bond donors (Lipinski definition) is 1. The van der Waals surface area contributed by atoms with Crippen LogP contribution in [0.15, 0.2) is 6.07 Å². The number of nitrogens with one attached hydrogen (secondary N) is 1. The quantitative estimate of drug-likeness (QED) is 0.796.